The van der Waals surface area contributed by atoms with Crippen LogP contribution in [-0.2, 0) is 6.54 Å². The molecular weight excluding hydrogens is 392 g/mol. The molecule has 0 aliphatic rings. The van der Waals surface area contributed by atoms with Gasteiger partial charge in [-0.15, -0.1) is 0 Å². The van der Waals surface area contributed by atoms with Crippen LogP contribution in [0.15, 0.2) is 73.3 Å². The van der Waals surface area contributed by atoms with Crippen LogP contribution in [0.5, 0.6) is 0 Å². The Kier molecular flexibility index (Phi) is 6.81. The second kappa shape index (κ2) is 9.92. The van der Waals surface area contributed by atoms with E-state index in [1.54, 1.807) is 0 Å². The maximum atomic E-state index is 5.74. The molecule has 5 aromatic rings. The Morgan fingerprint density at radius 3 is 2.22 bits per heavy atom. The summed E-state index contributed by atoms with van der Waals surface area (Å²) in [6, 6.07) is 17.0. The summed E-state index contributed by atoms with van der Waals surface area (Å²) < 4.78 is 2.32. The number of fused-ring (bicyclic) bond motifs is 2. The van der Waals surface area contributed by atoms with Gasteiger partial charge in [0.1, 0.15) is 0 Å². The average Bonchev–Trinajstić information content (AvgIpc) is 3.54. The average molecular weight is 427 g/mol. The zero-order valence-electron chi connectivity index (χ0n) is 19.4. The molecule has 0 atom stereocenters. The Morgan fingerprint density at radius 1 is 0.844 bits per heavy atom. The van der Waals surface area contributed by atoms with E-state index in [1.807, 2.05) is 0 Å². The zero-order valence-corrected chi connectivity index (χ0v) is 19.4. The Balaban J connectivity index is 0.000000444. The molecule has 32 heavy (non-hydrogen) atoms. The van der Waals surface area contributed by atoms with Gasteiger partial charge in [-0.1, -0.05) is 63.6 Å². The summed E-state index contributed by atoms with van der Waals surface area (Å²) >= 11 is 0. The lowest BCUT2D eigenvalue weighted by molar-refractivity contribution is 0.626. The van der Waals surface area contributed by atoms with Crippen molar-refractivity contribution in [1.29, 1.82) is 0 Å². The zero-order chi connectivity index (χ0) is 22.5. The SMILES string of the molecule is CCC(C)C.NCCCn1cc(-c2c[nH]cc2-c2c[nH]c3ccccc23)c2ccccc21. The molecule has 3 heterocycles. The number of para-hydroxylation sites is 2. The molecule has 0 saturated carbocycles. The van der Waals surface area contributed by atoms with Crippen molar-refractivity contribution in [2.75, 3.05) is 6.54 Å². The number of aromatic nitrogens is 3. The van der Waals surface area contributed by atoms with Crippen LogP contribution in [0.3, 0.4) is 0 Å². The van der Waals surface area contributed by atoms with Gasteiger partial charge in [-0.2, -0.15) is 0 Å². The van der Waals surface area contributed by atoms with Crippen molar-refractivity contribution in [2.24, 2.45) is 11.7 Å². The molecule has 0 aliphatic carbocycles. The van der Waals surface area contributed by atoms with Crippen LogP contribution in [0.1, 0.15) is 33.6 Å². The van der Waals surface area contributed by atoms with Crippen molar-refractivity contribution in [3.63, 3.8) is 0 Å². The van der Waals surface area contributed by atoms with Crippen LogP contribution in [0, 0.1) is 5.92 Å². The second-order valence-corrected chi connectivity index (χ2v) is 8.73. The molecule has 4 heteroatoms. The highest BCUT2D eigenvalue weighted by Gasteiger charge is 2.16. The van der Waals surface area contributed by atoms with E-state index < -0.39 is 0 Å². The molecule has 166 valence electrons. The Hall–Kier alpha value is -3.24. The monoisotopic (exact) mass is 426 g/mol. The lowest BCUT2D eigenvalue weighted by Gasteiger charge is -2.03. The van der Waals surface area contributed by atoms with Crippen molar-refractivity contribution in [3.8, 4) is 22.3 Å². The largest absolute Gasteiger partial charge is 0.366 e. The van der Waals surface area contributed by atoms with Gasteiger partial charge in [0.2, 0.25) is 0 Å². The summed E-state index contributed by atoms with van der Waals surface area (Å²) in [5.74, 6) is 0.884. The van der Waals surface area contributed by atoms with Gasteiger partial charge < -0.3 is 20.3 Å². The smallest absolute Gasteiger partial charge is 0.0486 e. The van der Waals surface area contributed by atoms with E-state index in [0.29, 0.717) is 6.54 Å². The standard InChI is InChI=1S/C23H22N4.C5H12/c24-10-5-11-27-15-21(17-7-2-4-9-23(17)27)19-13-25-12-18(19)20-14-26-22-8-3-1-6-16(20)22;1-4-5(2)3/h1-4,6-9,12-15,25-26H,5,10-11,24H2;5H,4H2,1-3H3. The van der Waals surface area contributed by atoms with E-state index >= 15 is 0 Å². The quantitative estimate of drug-likeness (QED) is 0.264. The van der Waals surface area contributed by atoms with Crippen LogP contribution in [0.4, 0.5) is 0 Å². The third-order valence-corrected chi connectivity index (χ3v) is 6.12. The van der Waals surface area contributed by atoms with E-state index in [2.05, 4.69) is 109 Å². The summed E-state index contributed by atoms with van der Waals surface area (Å²) in [6.45, 7) is 8.28. The fourth-order valence-electron chi connectivity index (χ4n) is 4.01. The van der Waals surface area contributed by atoms with Crippen LogP contribution in [0.2, 0.25) is 0 Å². The van der Waals surface area contributed by atoms with E-state index in [0.717, 1.165) is 24.4 Å². The molecule has 0 fully saturated rings. The molecule has 0 aliphatic heterocycles. The normalized spacial score (nSPS) is 11.3. The number of rotatable bonds is 6. The lowest BCUT2D eigenvalue weighted by atomic mass is 9.98. The molecule has 2 aromatic carbocycles. The van der Waals surface area contributed by atoms with E-state index in [-0.39, 0.29) is 0 Å². The number of H-pyrrole nitrogens is 2. The minimum atomic E-state index is 0.701. The highest BCUT2D eigenvalue weighted by Crippen LogP contribution is 2.39. The molecule has 0 unspecified atom stereocenters. The highest BCUT2D eigenvalue weighted by atomic mass is 15.0. The molecule has 5 rings (SSSR count). The van der Waals surface area contributed by atoms with Crippen molar-refractivity contribution in [1.82, 2.24) is 14.5 Å². The first-order valence-corrected chi connectivity index (χ1v) is 11.7. The predicted octanol–water partition coefficient (Wildman–Crippen LogP) is 7.19. The van der Waals surface area contributed by atoms with Crippen molar-refractivity contribution in [2.45, 2.75) is 40.2 Å². The summed E-state index contributed by atoms with van der Waals surface area (Å²) in [5.41, 5.74) is 13.1. The summed E-state index contributed by atoms with van der Waals surface area (Å²) in [6.07, 6.45) is 10.8. The first-order valence-electron chi connectivity index (χ1n) is 11.7. The molecule has 0 spiro atoms. The van der Waals surface area contributed by atoms with Crippen molar-refractivity contribution in [3.05, 3.63) is 73.3 Å². The van der Waals surface area contributed by atoms with Gasteiger partial charge in [0.25, 0.3) is 0 Å². The molecule has 4 nitrogen and oxygen atoms in total. The van der Waals surface area contributed by atoms with E-state index in [1.165, 1.54) is 45.0 Å². The number of hydrogen-bond acceptors (Lipinski definition) is 1. The Morgan fingerprint density at radius 2 is 1.50 bits per heavy atom. The van der Waals surface area contributed by atoms with Gasteiger partial charge in [-0.3, -0.25) is 0 Å². The minimum Gasteiger partial charge on any atom is -0.366 e. The van der Waals surface area contributed by atoms with Crippen molar-refractivity contribution < 1.29 is 0 Å². The van der Waals surface area contributed by atoms with E-state index in [4.69, 9.17) is 5.73 Å². The first-order chi connectivity index (χ1) is 15.6. The fraction of sp³-hybridized carbons (Fsp3) is 0.286. The number of benzene rings is 2. The van der Waals surface area contributed by atoms with Crippen LogP contribution in [-0.4, -0.2) is 21.1 Å². The summed E-state index contributed by atoms with van der Waals surface area (Å²) in [7, 11) is 0. The summed E-state index contributed by atoms with van der Waals surface area (Å²) in [5, 5.41) is 2.51. The van der Waals surface area contributed by atoms with Crippen molar-refractivity contribution >= 4 is 21.8 Å². The number of hydrogen-bond donors (Lipinski definition) is 3. The van der Waals surface area contributed by atoms with Crippen LogP contribution < -0.4 is 5.73 Å². The molecule has 0 saturated heterocycles. The van der Waals surface area contributed by atoms with Gasteiger partial charge in [-0.05, 0) is 31.0 Å². The van der Waals surface area contributed by atoms with Gasteiger partial charge >= 0.3 is 0 Å². The number of nitrogens with zero attached hydrogens (tertiary/aromatic N) is 1. The Bertz CT molecular complexity index is 1290. The molecule has 0 amide bonds. The Labute approximate surface area is 190 Å². The molecular formula is C28H34N4. The second-order valence-electron chi connectivity index (χ2n) is 8.73. The van der Waals surface area contributed by atoms with Gasteiger partial charge in [0, 0.05) is 75.4 Å². The third kappa shape index (κ3) is 4.37. The molecule has 3 aromatic heterocycles. The fourth-order valence-corrected chi connectivity index (χ4v) is 4.01. The third-order valence-electron chi connectivity index (χ3n) is 6.12. The highest BCUT2D eigenvalue weighted by molar-refractivity contribution is 6.04. The topological polar surface area (TPSA) is 62.5 Å². The number of nitrogens with two attached hydrogens (primary N) is 1. The van der Waals surface area contributed by atoms with Gasteiger partial charge in [-0.25, -0.2) is 0 Å². The lowest BCUT2D eigenvalue weighted by Crippen LogP contribution is -2.04. The molecule has 0 bridgehead atoms. The predicted molar refractivity (Wildman–Crippen MR) is 138 cm³/mol. The molecule has 0 radical (unpaired) electrons. The van der Waals surface area contributed by atoms with Gasteiger partial charge in [0.15, 0.2) is 0 Å². The van der Waals surface area contributed by atoms with Crippen LogP contribution in [0.25, 0.3) is 44.1 Å². The van der Waals surface area contributed by atoms with Gasteiger partial charge in [0.05, 0.1) is 0 Å². The first kappa shape index (κ1) is 22.0. The van der Waals surface area contributed by atoms with E-state index in [9.17, 15) is 0 Å². The molecule has 4 N–H and O–H groups in total. The van der Waals surface area contributed by atoms with Crippen LogP contribution >= 0.6 is 0 Å². The number of aromatic amines is 2. The summed E-state index contributed by atoms with van der Waals surface area (Å²) in [4.78, 5) is 6.72. The minimum absolute atomic E-state index is 0.701. The maximum absolute atomic E-state index is 5.74. The number of nitrogens with one attached hydrogen (secondary N) is 2. The maximum Gasteiger partial charge on any atom is 0.0486 e. The number of aryl methyl sites for hydroxylation is 1.